The number of benzene rings is 1. The summed E-state index contributed by atoms with van der Waals surface area (Å²) in [5.74, 6) is 5.40. The number of aliphatic hydroxyl groups excluding tert-OH is 1. The molecule has 0 fully saturated rings. The predicted octanol–water partition coefficient (Wildman–Crippen LogP) is 0.281. The molecule has 21 heavy (non-hydrogen) atoms. The third-order valence-electron chi connectivity index (χ3n) is 2.85. The maximum absolute atomic E-state index is 12.0. The fourth-order valence-electron chi connectivity index (χ4n) is 1.83. The Hall–Kier alpha value is -2.65. The summed E-state index contributed by atoms with van der Waals surface area (Å²) in [6.07, 6.45) is 3.19. The van der Waals surface area contributed by atoms with E-state index in [9.17, 15) is 4.79 Å². The van der Waals surface area contributed by atoms with Crippen LogP contribution in [0.2, 0.25) is 0 Å². The molecule has 0 saturated carbocycles. The standard InChI is InChI=1S/C15H16N4O2/c1-18(15(21)12-19-8-7-16-17-19)11-14-5-2-4-13(10-14)6-3-9-20/h2,4-5,7-8,10,20H,9,11-12H2,1H3. The Morgan fingerprint density at radius 1 is 1.48 bits per heavy atom. The van der Waals surface area contributed by atoms with Gasteiger partial charge < -0.3 is 10.0 Å². The summed E-state index contributed by atoms with van der Waals surface area (Å²) < 4.78 is 1.49. The second kappa shape index (κ2) is 7.22. The number of hydrogen-bond donors (Lipinski definition) is 1. The number of aromatic nitrogens is 3. The number of rotatable bonds is 4. The van der Waals surface area contributed by atoms with Crippen LogP contribution in [-0.4, -0.2) is 44.6 Å². The smallest absolute Gasteiger partial charge is 0.244 e. The molecule has 0 aliphatic carbocycles. The molecule has 1 heterocycles. The number of carbonyl (C=O) groups is 1. The predicted molar refractivity (Wildman–Crippen MR) is 76.9 cm³/mol. The maximum Gasteiger partial charge on any atom is 0.244 e. The molecule has 0 atom stereocenters. The fraction of sp³-hybridized carbons (Fsp3) is 0.267. The van der Waals surface area contributed by atoms with Gasteiger partial charge in [0.25, 0.3) is 0 Å². The minimum Gasteiger partial charge on any atom is -0.384 e. The average molecular weight is 284 g/mol. The first kappa shape index (κ1) is 14.8. The zero-order chi connectivity index (χ0) is 15.1. The van der Waals surface area contributed by atoms with Crippen LogP contribution in [-0.2, 0) is 17.9 Å². The van der Waals surface area contributed by atoms with Crippen molar-refractivity contribution < 1.29 is 9.90 Å². The van der Waals surface area contributed by atoms with Crippen LogP contribution in [0.4, 0.5) is 0 Å². The lowest BCUT2D eigenvalue weighted by atomic mass is 10.1. The Labute approximate surface area is 123 Å². The van der Waals surface area contributed by atoms with Crippen LogP contribution >= 0.6 is 0 Å². The molecule has 6 nitrogen and oxygen atoms in total. The van der Waals surface area contributed by atoms with Gasteiger partial charge in [-0.15, -0.1) is 5.10 Å². The van der Waals surface area contributed by atoms with Crippen LogP contribution in [0.25, 0.3) is 0 Å². The Kier molecular flexibility index (Phi) is 5.07. The first-order valence-electron chi connectivity index (χ1n) is 6.46. The molecule has 0 unspecified atom stereocenters. The van der Waals surface area contributed by atoms with E-state index in [0.717, 1.165) is 11.1 Å². The van der Waals surface area contributed by atoms with E-state index in [1.54, 1.807) is 18.1 Å². The topological polar surface area (TPSA) is 71.2 Å². The number of nitrogens with zero attached hydrogens (tertiary/aromatic N) is 4. The van der Waals surface area contributed by atoms with Crippen molar-refractivity contribution in [2.45, 2.75) is 13.1 Å². The highest BCUT2D eigenvalue weighted by Gasteiger charge is 2.10. The molecule has 0 bridgehead atoms. The SMILES string of the molecule is CN(Cc1cccc(C#CCO)c1)C(=O)Cn1ccnn1. The molecule has 0 spiro atoms. The lowest BCUT2D eigenvalue weighted by Crippen LogP contribution is -2.30. The van der Waals surface area contributed by atoms with Gasteiger partial charge in [0.2, 0.25) is 5.91 Å². The Balaban J connectivity index is 1.98. The second-order valence-electron chi connectivity index (χ2n) is 4.51. The Morgan fingerprint density at radius 2 is 2.33 bits per heavy atom. The van der Waals surface area contributed by atoms with Crippen molar-refractivity contribution in [3.05, 3.63) is 47.8 Å². The van der Waals surface area contributed by atoms with Gasteiger partial charge in [0.05, 0.1) is 6.20 Å². The molecule has 1 aromatic heterocycles. The van der Waals surface area contributed by atoms with Gasteiger partial charge in [-0.1, -0.05) is 29.2 Å². The second-order valence-corrected chi connectivity index (χ2v) is 4.51. The van der Waals surface area contributed by atoms with Crippen LogP contribution in [0, 0.1) is 11.8 Å². The molecule has 0 radical (unpaired) electrons. The summed E-state index contributed by atoms with van der Waals surface area (Å²) >= 11 is 0. The van der Waals surface area contributed by atoms with E-state index in [2.05, 4.69) is 22.2 Å². The van der Waals surface area contributed by atoms with Crippen LogP contribution in [0.5, 0.6) is 0 Å². The van der Waals surface area contributed by atoms with Crippen molar-refractivity contribution >= 4 is 5.91 Å². The minimum atomic E-state index is -0.166. The van der Waals surface area contributed by atoms with Gasteiger partial charge in [0.1, 0.15) is 13.2 Å². The van der Waals surface area contributed by atoms with Crippen molar-refractivity contribution in [3.8, 4) is 11.8 Å². The van der Waals surface area contributed by atoms with Gasteiger partial charge in [0, 0.05) is 25.4 Å². The molecule has 0 aliphatic heterocycles. The lowest BCUT2D eigenvalue weighted by molar-refractivity contribution is -0.131. The first-order valence-corrected chi connectivity index (χ1v) is 6.46. The molecule has 1 amide bonds. The summed E-state index contributed by atoms with van der Waals surface area (Å²) in [4.78, 5) is 13.7. The molecule has 1 N–H and O–H groups in total. The van der Waals surface area contributed by atoms with Crippen molar-refractivity contribution in [2.24, 2.45) is 0 Å². The third kappa shape index (κ3) is 4.44. The van der Waals surface area contributed by atoms with Crippen LogP contribution < -0.4 is 0 Å². The third-order valence-corrected chi connectivity index (χ3v) is 2.85. The highest BCUT2D eigenvalue weighted by Crippen LogP contribution is 2.07. The summed E-state index contributed by atoms with van der Waals surface area (Å²) in [5.41, 5.74) is 1.80. The van der Waals surface area contributed by atoms with Crippen molar-refractivity contribution in [1.29, 1.82) is 0 Å². The number of carbonyl (C=O) groups excluding carboxylic acids is 1. The molecular formula is C15H16N4O2. The normalized spacial score (nSPS) is 9.81. The fourth-order valence-corrected chi connectivity index (χ4v) is 1.83. The largest absolute Gasteiger partial charge is 0.384 e. The van der Waals surface area contributed by atoms with Crippen LogP contribution in [0.3, 0.4) is 0 Å². The van der Waals surface area contributed by atoms with E-state index in [1.165, 1.54) is 10.9 Å². The van der Waals surface area contributed by atoms with Crippen molar-refractivity contribution in [3.63, 3.8) is 0 Å². The van der Waals surface area contributed by atoms with Crippen LogP contribution in [0.1, 0.15) is 11.1 Å². The van der Waals surface area contributed by atoms with E-state index < -0.39 is 0 Å². The lowest BCUT2D eigenvalue weighted by Gasteiger charge is -2.17. The highest BCUT2D eigenvalue weighted by molar-refractivity contribution is 5.75. The van der Waals surface area contributed by atoms with E-state index >= 15 is 0 Å². The number of aliphatic hydroxyl groups is 1. The minimum absolute atomic E-state index is 0.0488. The summed E-state index contributed by atoms with van der Waals surface area (Å²) in [6.45, 7) is 0.489. The molecule has 0 aliphatic rings. The first-order chi connectivity index (χ1) is 10.2. The zero-order valence-corrected chi connectivity index (χ0v) is 11.7. The van der Waals surface area contributed by atoms with E-state index in [-0.39, 0.29) is 19.1 Å². The highest BCUT2D eigenvalue weighted by atomic mass is 16.2. The monoisotopic (exact) mass is 284 g/mol. The summed E-state index contributed by atoms with van der Waals surface area (Å²) in [5, 5.41) is 16.1. The maximum atomic E-state index is 12.0. The van der Waals surface area contributed by atoms with Gasteiger partial charge in [-0.25, -0.2) is 4.68 Å². The molecular weight excluding hydrogens is 268 g/mol. The number of hydrogen-bond acceptors (Lipinski definition) is 4. The van der Waals surface area contributed by atoms with Crippen molar-refractivity contribution in [1.82, 2.24) is 19.9 Å². The van der Waals surface area contributed by atoms with E-state index in [0.29, 0.717) is 6.54 Å². The molecule has 2 aromatic rings. The summed E-state index contributed by atoms with van der Waals surface area (Å²) in [7, 11) is 1.74. The summed E-state index contributed by atoms with van der Waals surface area (Å²) in [6, 6.07) is 7.58. The molecule has 1 aromatic carbocycles. The van der Waals surface area contributed by atoms with E-state index in [4.69, 9.17) is 5.11 Å². The number of amides is 1. The molecule has 2 rings (SSSR count). The zero-order valence-electron chi connectivity index (χ0n) is 11.7. The van der Waals surface area contributed by atoms with Gasteiger partial charge in [-0.05, 0) is 17.7 Å². The molecule has 0 saturated heterocycles. The molecule has 108 valence electrons. The van der Waals surface area contributed by atoms with E-state index in [1.807, 2.05) is 24.3 Å². The van der Waals surface area contributed by atoms with Crippen molar-refractivity contribution in [2.75, 3.05) is 13.7 Å². The number of likely N-dealkylation sites (N-methyl/N-ethyl adjacent to an activating group) is 1. The van der Waals surface area contributed by atoms with Gasteiger partial charge in [-0.3, -0.25) is 4.79 Å². The van der Waals surface area contributed by atoms with Gasteiger partial charge in [-0.2, -0.15) is 0 Å². The van der Waals surface area contributed by atoms with Crippen LogP contribution in [0.15, 0.2) is 36.7 Å². The quantitative estimate of drug-likeness (QED) is 0.819. The molecule has 6 heteroatoms. The Morgan fingerprint density at radius 3 is 3.05 bits per heavy atom. The Bertz CT molecular complexity index is 656. The van der Waals surface area contributed by atoms with Gasteiger partial charge >= 0.3 is 0 Å². The van der Waals surface area contributed by atoms with Gasteiger partial charge in [0.15, 0.2) is 0 Å². The average Bonchev–Trinajstić information content (AvgIpc) is 2.98.